The maximum Gasteiger partial charge on any atom is 0.251 e. The minimum atomic E-state index is -0.883. The van der Waals surface area contributed by atoms with Crippen LogP contribution in [0.3, 0.4) is 0 Å². The minimum Gasteiger partial charge on any atom is -0.507 e. The van der Waals surface area contributed by atoms with Crippen LogP contribution in [0.1, 0.15) is 81.8 Å². The molecular weight excluding hydrogens is 516 g/mol. The maximum absolute atomic E-state index is 13.5. The lowest BCUT2D eigenvalue weighted by Gasteiger charge is -2.28. The number of phenolic OH excluding ortho intramolecular Hbond substituents is 1. The van der Waals surface area contributed by atoms with Gasteiger partial charge >= 0.3 is 0 Å². The van der Waals surface area contributed by atoms with Crippen LogP contribution in [-0.4, -0.2) is 30.1 Å². The molecule has 0 saturated heterocycles. The number of fused-ring (bicyclic) bond motifs is 1. The molecule has 0 unspecified atom stereocenters. The molecule has 0 spiro atoms. The number of anilines is 1. The van der Waals surface area contributed by atoms with Gasteiger partial charge in [0.05, 0.1) is 0 Å². The molecule has 0 bridgehead atoms. The monoisotopic (exact) mass is 558 g/mol. The number of hydrogen-bond acceptors (Lipinski definition) is 5. The molecule has 2 amide bonds. The average Bonchev–Trinajstić information content (AvgIpc) is 2.90. The summed E-state index contributed by atoms with van der Waals surface area (Å²) in [4.78, 5) is 26.8. The molecule has 7 nitrogen and oxygen atoms in total. The Bertz CT molecular complexity index is 1380. The van der Waals surface area contributed by atoms with Crippen molar-refractivity contribution in [3.05, 3.63) is 82.4 Å². The standard InChI is InChI=1S/C34H42N2O5/c1-21-8-11-23(12-9-21)30(32(39)35-24-13-14-27-28(20-24)41-17-16-40-27)36-29(37)15-10-22-18-25(33(2,3)4)31(38)26(19-22)34(5,6)7/h8-9,11-14,18-20,30,38H,10,15-17H2,1-7H3,(H,35,39)(H,36,37)/t30-/m1/s1. The highest BCUT2D eigenvalue weighted by atomic mass is 16.6. The molecule has 7 heteroatoms. The van der Waals surface area contributed by atoms with Crippen molar-refractivity contribution in [1.82, 2.24) is 5.32 Å². The van der Waals surface area contributed by atoms with E-state index in [1.165, 1.54) is 0 Å². The molecule has 218 valence electrons. The maximum atomic E-state index is 13.5. The molecule has 0 aliphatic carbocycles. The molecular formula is C34H42N2O5. The van der Waals surface area contributed by atoms with Crippen molar-refractivity contribution in [3.63, 3.8) is 0 Å². The molecule has 1 atom stereocenters. The molecule has 3 aromatic rings. The molecule has 4 rings (SSSR count). The molecule has 3 N–H and O–H groups in total. The van der Waals surface area contributed by atoms with Gasteiger partial charge in [-0.2, -0.15) is 0 Å². The fraction of sp³-hybridized carbons (Fsp3) is 0.412. The molecule has 1 aliphatic rings. The highest BCUT2D eigenvalue weighted by Crippen LogP contribution is 2.40. The largest absolute Gasteiger partial charge is 0.507 e. The molecule has 0 fully saturated rings. The van der Waals surface area contributed by atoms with Gasteiger partial charge < -0.3 is 25.2 Å². The number of phenols is 1. The predicted molar refractivity (Wildman–Crippen MR) is 162 cm³/mol. The molecule has 3 aromatic carbocycles. The van der Waals surface area contributed by atoms with Gasteiger partial charge in [-0.05, 0) is 58.6 Å². The van der Waals surface area contributed by atoms with Crippen LogP contribution >= 0.6 is 0 Å². The quantitative estimate of drug-likeness (QED) is 0.308. The van der Waals surface area contributed by atoms with Gasteiger partial charge in [0, 0.05) is 18.2 Å². The van der Waals surface area contributed by atoms with Crippen molar-refractivity contribution in [2.24, 2.45) is 0 Å². The van der Waals surface area contributed by atoms with Crippen molar-refractivity contribution in [1.29, 1.82) is 0 Å². The summed E-state index contributed by atoms with van der Waals surface area (Å²) < 4.78 is 11.2. The molecule has 41 heavy (non-hydrogen) atoms. The van der Waals surface area contributed by atoms with Crippen molar-refractivity contribution >= 4 is 17.5 Å². The van der Waals surface area contributed by atoms with Crippen molar-refractivity contribution in [2.75, 3.05) is 18.5 Å². The third-order valence-corrected chi connectivity index (χ3v) is 7.21. The fourth-order valence-corrected chi connectivity index (χ4v) is 4.87. The van der Waals surface area contributed by atoms with Gasteiger partial charge in [-0.1, -0.05) is 83.5 Å². The number of carbonyl (C=O) groups is 2. The lowest BCUT2D eigenvalue weighted by Crippen LogP contribution is -2.37. The second-order valence-corrected chi connectivity index (χ2v) is 12.8. The van der Waals surface area contributed by atoms with Gasteiger partial charge in [-0.25, -0.2) is 0 Å². The molecule has 0 radical (unpaired) electrons. The first-order chi connectivity index (χ1) is 19.2. The van der Waals surface area contributed by atoms with Crippen LogP contribution in [0.2, 0.25) is 0 Å². The number of carbonyl (C=O) groups excluding carboxylic acids is 2. The van der Waals surface area contributed by atoms with Crippen LogP contribution in [0.15, 0.2) is 54.6 Å². The Labute approximate surface area is 243 Å². The van der Waals surface area contributed by atoms with E-state index in [9.17, 15) is 14.7 Å². The lowest BCUT2D eigenvalue weighted by atomic mass is 9.78. The lowest BCUT2D eigenvalue weighted by molar-refractivity contribution is -0.126. The van der Waals surface area contributed by atoms with E-state index in [1.807, 2.05) is 43.3 Å². The summed E-state index contributed by atoms with van der Waals surface area (Å²) >= 11 is 0. The third-order valence-electron chi connectivity index (χ3n) is 7.21. The third kappa shape index (κ3) is 7.40. The Balaban J connectivity index is 1.53. The zero-order valence-corrected chi connectivity index (χ0v) is 25.2. The first-order valence-electron chi connectivity index (χ1n) is 14.2. The van der Waals surface area contributed by atoms with Crippen LogP contribution in [0.25, 0.3) is 0 Å². The summed E-state index contributed by atoms with van der Waals surface area (Å²) in [6, 6.07) is 15.9. The summed E-state index contributed by atoms with van der Waals surface area (Å²) in [5.74, 6) is 0.928. The van der Waals surface area contributed by atoms with E-state index in [0.717, 1.165) is 22.3 Å². The zero-order chi connectivity index (χ0) is 29.9. The second kappa shape index (κ2) is 11.9. The van der Waals surface area contributed by atoms with Gasteiger partial charge in [0.15, 0.2) is 11.5 Å². The smallest absolute Gasteiger partial charge is 0.251 e. The van der Waals surface area contributed by atoms with Gasteiger partial charge in [0.1, 0.15) is 25.0 Å². The Kier molecular flexibility index (Phi) is 8.66. The van der Waals surface area contributed by atoms with Crippen molar-refractivity contribution < 1.29 is 24.2 Å². The highest BCUT2D eigenvalue weighted by molar-refractivity contribution is 5.98. The number of hydrogen-bond donors (Lipinski definition) is 3. The van der Waals surface area contributed by atoms with Crippen LogP contribution in [-0.2, 0) is 26.8 Å². The molecule has 0 saturated carbocycles. The van der Waals surface area contributed by atoms with E-state index in [4.69, 9.17) is 9.47 Å². The van der Waals surface area contributed by atoms with E-state index in [0.29, 0.717) is 48.1 Å². The summed E-state index contributed by atoms with van der Waals surface area (Å²) in [6.45, 7) is 15.3. The first-order valence-corrected chi connectivity index (χ1v) is 14.2. The van der Waals surface area contributed by atoms with E-state index >= 15 is 0 Å². The first kappa shape index (κ1) is 30.0. The van der Waals surface area contributed by atoms with E-state index in [1.54, 1.807) is 18.2 Å². The van der Waals surface area contributed by atoms with E-state index in [2.05, 4.69) is 52.2 Å². The Morgan fingerprint density at radius 3 is 2.02 bits per heavy atom. The molecule has 0 aromatic heterocycles. The average molecular weight is 559 g/mol. The Morgan fingerprint density at radius 1 is 0.854 bits per heavy atom. The van der Waals surface area contributed by atoms with E-state index in [-0.39, 0.29) is 29.1 Å². The van der Waals surface area contributed by atoms with Crippen molar-refractivity contribution in [3.8, 4) is 17.2 Å². The zero-order valence-electron chi connectivity index (χ0n) is 25.2. The van der Waals surface area contributed by atoms with Crippen LogP contribution < -0.4 is 20.1 Å². The van der Waals surface area contributed by atoms with Crippen LogP contribution in [0.4, 0.5) is 5.69 Å². The SMILES string of the molecule is Cc1ccc([C@@H](NC(=O)CCc2cc(C(C)(C)C)c(O)c(C(C)(C)C)c2)C(=O)Nc2ccc3c(c2)OCCO3)cc1. The number of amides is 2. The van der Waals surface area contributed by atoms with Crippen LogP contribution in [0, 0.1) is 6.92 Å². The number of nitrogens with one attached hydrogen (secondary N) is 2. The fourth-order valence-electron chi connectivity index (χ4n) is 4.87. The van der Waals surface area contributed by atoms with Gasteiger partial charge in [0.25, 0.3) is 5.91 Å². The van der Waals surface area contributed by atoms with Crippen LogP contribution in [0.5, 0.6) is 17.2 Å². The number of ether oxygens (including phenoxy) is 2. The summed E-state index contributed by atoms with van der Waals surface area (Å²) in [5.41, 5.74) is 4.47. The highest BCUT2D eigenvalue weighted by Gasteiger charge is 2.27. The normalized spacial score (nSPS) is 13.8. The Hall–Kier alpha value is -4.00. The van der Waals surface area contributed by atoms with E-state index < -0.39 is 6.04 Å². The summed E-state index contributed by atoms with van der Waals surface area (Å²) in [5, 5.41) is 16.9. The number of aryl methyl sites for hydroxylation is 2. The number of aromatic hydroxyl groups is 1. The topological polar surface area (TPSA) is 96.9 Å². The number of benzene rings is 3. The molecule has 1 heterocycles. The Morgan fingerprint density at radius 2 is 1.44 bits per heavy atom. The second-order valence-electron chi connectivity index (χ2n) is 12.8. The van der Waals surface area contributed by atoms with Gasteiger partial charge in [0.2, 0.25) is 5.91 Å². The summed E-state index contributed by atoms with van der Waals surface area (Å²) in [7, 11) is 0. The number of rotatable bonds is 7. The van der Waals surface area contributed by atoms with Gasteiger partial charge in [-0.3, -0.25) is 9.59 Å². The molecule has 1 aliphatic heterocycles. The minimum absolute atomic E-state index is 0.192. The van der Waals surface area contributed by atoms with Gasteiger partial charge in [-0.15, -0.1) is 0 Å². The predicted octanol–water partition coefficient (Wildman–Crippen LogP) is 6.50. The van der Waals surface area contributed by atoms with Crippen molar-refractivity contribution in [2.45, 2.75) is 78.2 Å². The summed E-state index contributed by atoms with van der Waals surface area (Å²) in [6.07, 6.45) is 0.667.